The smallest absolute Gasteiger partial charge is 0.324 e. The van der Waals surface area contributed by atoms with Crippen molar-refractivity contribution in [2.24, 2.45) is 0 Å². The number of pyridine rings is 1. The number of carbonyl (C=O) groups is 1. The molecule has 1 amide bonds. The molecule has 2 aromatic heterocycles. The second-order valence-corrected chi connectivity index (χ2v) is 7.24. The Bertz CT molecular complexity index is 1120. The average Bonchev–Trinajstić information content (AvgIpc) is 3.46. The van der Waals surface area contributed by atoms with Crippen molar-refractivity contribution in [1.29, 1.82) is 0 Å². The number of anilines is 1. The summed E-state index contributed by atoms with van der Waals surface area (Å²) < 4.78 is 67.8. The number of alkyl halides is 5. The Labute approximate surface area is 167 Å². The normalized spacial score (nSPS) is 14.5. The molecule has 2 heterocycles. The number of aryl methyl sites for hydroxylation is 1. The molecule has 0 bridgehead atoms. The van der Waals surface area contributed by atoms with Crippen LogP contribution in [0.25, 0.3) is 11.0 Å². The van der Waals surface area contributed by atoms with Gasteiger partial charge in [0.1, 0.15) is 6.54 Å². The third-order valence-corrected chi connectivity index (χ3v) is 4.96. The number of hydrogen-bond acceptors (Lipinski definition) is 3. The third-order valence-electron chi connectivity index (χ3n) is 4.96. The van der Waals surface area contributed by atoms with Gasteiger partial charge in [0.05, 0.1) is 22.3 Å². The SMILES string of the molecule is Cc1nn(CC(=O)Nc2ccccc2C(F)(F)F)c2nc(C3CC3)cc(C(F)F)c12. The zero-order valence-corrected chi connectivity index (χ0v) is 15.8. The first-order valence-corrected chi connectivity index (χ1v) is 9.27. The molecule has 158 valence electrons. The van der Waals surface area contributed by atoms with Gasteiger partial charge in [0.25, 0.3) is 6.43 Å². The number of rotatable bonds is 5. The second-order valence-electron chi connectivity index (χ2n) is 7.24. The Morgan fingerprint density at radius 1 is 1.27 bits per heavy atom. The fourth-order valence-corrected chi connectivity index (χ4v) is 3.44. The minimum Gasteiger partial charge on any atom is -0.324 e. The Morgan fingerprint density at radius 3 is 2.60 bits per heavy atom. The highest BCUT2D eigenvalue weighted by Gasteiger charge is 2.34. The molecule has 1 aromatic carbocycles. The molecule has 0 radical (unpaired) electrons. The van der Waals surface area contributed by atoms with Crippen molar-refractivity contribution in [3.8, 4) is 0 Å². The van der Waals surface area contributed by atoms with Gasteiger partial charge in [-0.25, -0.2) is 18.4 Å². The number of benzene rings is 1. The highest BCUT2D eigenvalue weighted by Crippen LogP contribution is 2.42. The topological polar surface area (TPSA) is 59.8 Å². The number of hydrogen-bond donors (Lipinski definition) is 1. The van der Waals surface area contributed by atoms with E-state index in [4.69, 9.17) is 0 Å². The van der Waals surface area contributed by atoms with Crippen LogP contribution >= 0.6 is 0 Å². The standard InChI is InChI=1S/C20H17F5N4O/c1-10-17-12(18(21)22)8-15(11-6-7-11)27-19(17)29(28-10)9-16(30)26-14-5-3-2-4-13(14)20(23,24)25/h2-5,8,11,18H,6-7,9H2,1H3,(H,26,30). The van der Waals surface area contributed by atoms with Gasteiger partial charge < -0.3 is 5.32 Å². The van der Waals surface area contributed by atoms with Crippen LogP contribution in [0.2, 0.25) is 0 Å². The first-order valence-electron chi connectivity index (χ1n) is 9.27. The van der Waals surface area contributed by atoms with E-state index in [1.807, 2.05) is 0 Å². The van der Waals surface area contributed by atoms with E-state index in [1.165, 1.54) is 25.1 Å². The maximum Gasteiger partial charge on any atom is 0.418 e. The van der Waals surface area contributed by atoms with Gasteiger partial charge in [-0.2, -0.15) is 18.3 Å². The lowest BCUT2D eigenvalue weighted by Crippen LogP contribution is -2.22. The van der Waals surface area contributed by atoms with Gasteiger partial charge in [0, 0.05) is 17.2 Å². The molecule has 0 unspecified atom stereocenters. The maximum atomic E-state index is 13.6. The molecule has 5 nitrogen and oxygen atoms in total. The molecule has 4 rings (SSSR count). The lowest BCUT2D eigenvalue weighted by molar-refractivity contribution is -0.137. The van der Waals surface area contributed by atoms with Crippen LogP contribution in [0.3, 0.4) is 0 Å². The van der Waals surface area contributed by atoms with E-state index >= 15 is 0 Å². The summed E-state index contributed by atoms with van der Waals surface area (Å²) in [5.41, 5.74) is -0.641. The van der Waals surface area contributed by atoms with E-state index in [0.717, 1.165) is 29.7 Å². The number of para-hydroxylation sites is 1. The first-order chi connectivity index (χ1) is 14.1. The van der Waals surface area contributed by atoms with E-state index in [-0.39, 0.29) is 33.9 Å². The third kappa shape index (κ3) is 3.86. The quantitative estimate of drug-likeness (QED) is 0.572. The van der Waals surface area contributed by atoms with E-state index < -0.39 is 30.6 Å². The van der Waals surface area contributed by atoms with E-state index in [2.05, 4.69) is 15.4 Å². The molecule has 3 aromatic rings. The molecule has 1 fully saturated rings. The molecule has 1 N–H and O–H groups in total. The van der Waals surface area contributed by atoms with Crippen molar-refractivity contribution >= 4 is 22.6 Å². The summed E-state index contributed by atoms with van der Waals surface area (Å²) >= 11 is 0. The monoisotopic (exact) mass is 424 g/mol. The first kappa shape index (κ1) is 20.2. The molecular weight excluding hydrogens is 407 g/mol. The predicted octanol–water partition coefficient (Wildman–Crippen LogP) is 5.21. The van der Waals surface area contributed by atoms with Gasteiger partial charge in [-0.1, -0.05) is 12.1 Å². The number of nitrogens with one attached hydrogen (secondary N) is 1. The van der Waals surface area contributed by atoms with Gasteiger partial charge in [0.2, 0.25) is 5.91 Å². The van der Waals surface area contributed by atoms with E-state index in [1.54, 1.807) is 0 Å². The average molecular weight is 424 g/mol. The summed E-state index contributed by atoms with van der Waals surface area (Å²) in [6.07, 6.45) is -5.67. The summed E-state index contributed by atoms with van der Waals surface area (Å²) in [7, 11) is 0. The highest BCUT2D eigenvalue weighted by molar-refractivity contribution is 5.92. The summed E-state index contributed by atoms with van der Waals surface area (Å²) in [5, 5.41) is 6.54. The Hall–Kier alpha value is -3.04. The molecule has 30 heavy (non-hydrogen) atoms. The zero-order chi connectivity index (χ0) is 21.6. The number of carbonyl (C=O) groups excluding carboxylic acids is 1. The van der Waals surface area contributed by atoms with Crippen molar-refractivity contribution in [2.45, 2.75) is 44.8 Å². The molecule has 1 saturated carbocycles. The fourth-order valence-electron chi connectivity index (χ4n) is 3.44. The lowest BCUT2D eigenvalue weighted by atomic mass is 10.1. The van der Waals surface area contributed by atoms with Crippen molar-refractivity contribution in [2.75, 3.05) is 5.32 Å². The highest BCUT2D eigenvalue weighted by atomic mass is 19.4. The van der Waals surface area contributed by atoms with Crippen LogP contribution in [0, 0.1) is 6.92 Å². The lowest BCUT2D eigenvalue weighted by Gasteiger charge is -2.13. The molecule has 10 heteroatoms. The Balaban J connectivity index is 1.67. The van der Waals surface area contributed by atoms with Crippen LogP contribution in [0.4, 0.5) is 27.6 Å². The van der Waals surface area contributed by atoms with Crippen LogP contribution in [0.5, 0.6) is 0 Å². The van der Waals surface area contributed by atoms with Gasteiger partial charge >= 0.3 is 6.18 Å². The van der Waals surface area contributed by atoms with Crippen molar-refractivity contribution in [1.82, 2.24) is 14.8 Å². The van der Waals surface area contributed by atoms with Crippen LogP contribution < -0.4 is 5.32 Å². The predicted molar refractivity (Wildman–Crippen MR) is 99.3 cm³/mol. The zero-order valence-electron chi connectivity index (χ0n) is 15.8. The van der Waals surface area contributed by atoms with Crippen molar-refractivity contribution in [3.05, 3.63) is 52.8 Å². The van der Waals surface area contributed by atoms with Gasteiger partial charge in [-0.3, -0.25) is 4.79 Å². The summed E-state index contributed by atoms with van der Waals surface area (Å²) in [5.74, 6) is -0.670. The molecule has 0 spiro atoms. The number of fused-ring (bicyclic) bond motifs is 1. The molecule has 1 aliphatic rings. The maximum absolute atomic E-state index is 13.6. The minimum atomic E-state index is -4.63. The minimum absolute atomic E-state index is 0.100. The van der Waals surface area contributed by atoms with Crippen LogP contribution in [0.1, 0.15) is 47.7 Å². The van der Waals surface area contributed by atoms with Crippen LogP contribution in [-0.4, -0.2) is 20.7 Å². The van der Waals surface area contributed by atoms with Crippen LogP contribution in [-0.2, 0) is 17.5 Å². The summed E-state index contributed by atoms with van der Waals surface area (Å²) in [4.78, 5) is 16.9. The number of halogens is 5. The molecule has 0 atom stereocenters. The summed E-state index contributed by atoms with van der Waals surface area (Å²) in [6.45, 7) is 1.07. The number of aromatic nitrogens is 3. The van der Waals surface area contributed by atoms with Gasteiger partial charge in [-0.15, -0.1) is 0 Å². The fraction of sp³-hybridized carbons (Fsp3) is 0.350. The van der Waals surface area contributed by atoms with E-state index in [0.29, 0.717) is 5.69 Å². The van der Waals surface area contributed by atoms with E-state index in [9.17, 15) is 26.7 Å². The molecular formula is C20H17F5N4O. The summed E-state index contributed by atoms with van der Waals surface area (Å²) in [6, 6.07) is 5.98. The van der Waals surface area contributed by atoms with Gasteiger partial charge in [-0.05, 0) is 38.0 Å². The Kier molecular flexibility index (Phi) is 4.95. The Morgan fingerprint density at radius 2 is 1.97 bits per heavy atom. The number of nitrogens with zero attached hydrogens (tertiary/aromatic N) is 3. The van der Waals surface area contributed by atoms with Crippen LogP contribution in [0.15, 0.2) is 30.3 Å². The van der Waals surface area contributed by atoms with Crippen molar-refractivity contribution in [3.63, 3.8) is 0 Å². The largest absolute Gasteiger partial charge is 0.418 e. The number of amides is 1. The molecule has 1 aliphatic carbocycles. The second kappa shape index (κ2) is 7.33. The molecule has 0 saturated heterocycles. The van der Waals surface area contributed by atoms with Gasteiger partial charge in [0.15, 0.2) is 5.65 Å². The molecule has 0 aliphatic heterocycles. The van der Waals surface area contributed by atoms with Crippen molar-refractivity contribution < 1.29 is 26.7 Å².